The Bertz CT molecular complexity index is 1240. The highest BCUT2D eigenvalue weighted by atomic mass is 16.2. The van der Waals surface area contributed by atoms with Crippen LogP contribution in [-0.2, 0) is 13.1 Å². The molecule has 0 spiro atoms. The lowest BCUT2D eigenvalue weighted by Crippen LogP contribution is -2.29. The van der Waals surface area contributed by atoms with Crippen LogP contribution in [0.15, 0.2) is 79.1 Å². The summed E-state index contributed by atoms with van der Waals surface area (Å²) in [7, 11) is 0. The molecule has 0 aliphatic carbocycles. The van der Waals surface area contributed by atoms with Crippen LogP contribution in [-0.4, -0.2) is 28.0 Å². The first-order valence-corrected chi connectivity index (χ1v) is 11.0. The summed E-state index contributed by atoms with van der Waals surface area (Å²) in [5.41, 5.74) is 3.86. The van der Waals surface area contributed by atoms with E-state index < -0.39 is 0 Å². The zero-order valence-corrected chi connectivity index (χ0v) is 18.5. The molecule has 0 bridgehead atoms. The molecule has 2 aromatic heterocycles. The van der Waals surface area contributed by atoms with Crippen molar-refractivity contribution in [1.29, 1.82) is 0 Å². The fourth-order valence-electron chi connectivity index (χ4n) is 3.61. The fourth-order valence-corrected chi connectivity index (χ4v) is 3.61. The largest absolute Gasteiger partial charge is 0.348 e. The van der Waals surface area contributed by atoms with Gasteiger partial charge in [0.2, 0.25) is 0 Å². The molecule has 168 valence electrons. The molecule has 0 saturated heterocycles. The van der Waals surface area contributed by atoms with Crippen LogP contribution < -0.4 is 16.0 Å². The predicted octanol–water partition coefficient (Wildman–Crippen LogP) is 4.55. The normalized spacial score (nSPS) is 10.7. The number of fused-ring (bicyclic) bond motifs is 1. The Morgan fingerprint density at radius 1 is 0.939 bits per heavy atom. The first-order chi connectivity index (χ1) is 16.1. The van der Waals surface area contributed by atoms with Gasteiger partial charge in [-0.3, -0.25) is 4.79 Å². The lowest BCUT2D eigenvalue weighted by molar-refractivity contribution is 0.0952. The summed E-state index contributed by atoms with van der Waals surface area (Å²) in [6.45, 7) is 3.58. The van der Waals surface area contributed by atoms with Crippen molar-refractivity contribution in [2.24, 2.45) is 0 Å². The van der Waals surface area contributed by atoms with E-state index in [4.69, 9.17) is 0 Å². The average molecular weight is 442 g/mol. The molecule has 0 saturated carbocycles. The van der Waals surface area contributed by atoms with Gasteiger partial charge in [0.15, 0.2) is 0 Å². The maximum atomic E-state index is 13.1. The minimum Gasteiger partial charge on any atom is -0.348 e. The predicted molar refractivity (Wildman–Crippen MR) is 130 cm³/mol. The standard InChI is InChI=1S/C26H27N5O2/c1-2-13-27-26(33)30-21-14-22-23(25(32)29-15-19-9-5-3-6-10-19)18-31(24(22)28-16-21)17-20-11-7-4-8-12-20/h3-12,14,16,18H,2,13,15,17H2,1H3,(H,29,32)(H2,27,30,33). The highest BCUT2D eigenvalue weighted by Crippen LogP contribution is 2.24. The summed E-state index contributed by atoms with van der Waals surface area (Å²) < 4.78 is 1.96. The number of carbonyl (C=O) groups is 2. The van der Waals surface area contributed by atoms with Gasteiger partial charge in [-0.1, -0.05) is 67.6 Å². The Hall–Kier alpha value is -4.13. The molecular formula is C26H27N5O2. The van der Waals surface area contributed by atoms with E-state index >= 15 is 0 Å². The zero-order chi connectivity index (χ0) is 23.0. The van der Waals surface area contributed by atoms with Gasteiger partial charge in [0, 0.05) is 31.2 Å². The third-order valence-corrected chi connectivity index (χ3v) is 5.24. The maximum Gasteiger partial charge on any atom is 0.319 e. The first-order valence-electron chi connectivity index (χ1n) is 11.0. The van der Waals surface area contributed by atoms with Crippen molar-refractivity contribution < 1.29 is 9.59 Å². The molecule has 0 atom stereocenters. The number of hydrogen-bond donors (Lipinski definition) is 3. The first kappa shape index (κ1) is 22.1. The number of nitrogens with one attached hydrogen (secondary N) is 3. The van der Waals surface area contributed by atoms with Crippen LogP contribution in [0.4, 0.5) is 10.5 Å². The van der Waals surface area contributed by atoms with Gasteiger partial charge in [0.25, 0.3) is 5.91 Å². The SMILES string of the molecule is CCCNC(=O)Nc1cnc2c(c1)c(C(=O)NCc1ccccc1)cn2Cc1ccccc1. The van der Waals surface area contributed by atoms with Crippen LogP contribution in [0.25, 0.3) is 11.0 Å². The summed E-state index contributed by atoms with van der Waals surface area (Å²) in [5.74, 6) is -0.190. The summed E-state index contributed by atoms with van der Waals surface area (Å²) >= 11 is 0. The second kappa shape index (κ2) is 10.5. The van der Waals surface area contributed by atoms with E-state index in [1.165, 1.54) is 0 Å². The zero-order valence-electron chi connectivity index (χ0n) is 18.5. The van der Waals surface area contributed by atoms with Crippen molar-refractivity contribution in [3.63, 3.8) is 0 Å². The van der Waals surface area contributed by atoms with Crippen LogP contribution in [0.1, 0.15) is 34.8 Å². The van der Waals surface area contributed by atoms with Crippen molar-refractivity contribution in [2.75, 3.05) is 11.9 Å². The van der Waals surface area contributed by atoms with E-state index in [9.17, 15) is 9.59 Å². The van der Waals surface area contributed by atoms with Crippen molar-refractivity contribution in [2.45, 2.75) is 26.4 Å². The van der Waals surface area contributed by atoms with Gasteiger partial charge in [-0.2, -0.15) is 0 Å². The van der Waals surface area contributed by atoms with Crippen LogP contribution in [0.2, 0.25) is 0 Å². The lowest BCUT2D eigenvalue weighted by atomic mass is 10.2. The summed E-state index contributed by atoms with van der Waals surface area (Å²) in [6.07, 6.45) is 4.28. The molecule has 2 aromatic carbocycles. The van der Waals surface area contributed by atoms with E-state index in [0.29, 0.717) is 41.9 Å². The van der Waals surface area contributed by atoms with Crippen LogP contribution >= 0.6 is 0 Å². The number of pyridine rings is 1. The smallest absolute Gasteiger partial charge is 0.319 e. The Labute approximate surface area is 192 Å². The lowest BCUT2D eigenvalue weighted by Gasteiger charge is -2.08. The number of urea groups is 1. The van der Waals surface area contributed by atoms with E-state index in [1.807, 2.05) is 78.4 Å². The van der Waals surface area contributed by atoms with Crippen molar-refractivity contribution in [1.82, 2.24) is 20.2 Å². The maximum absolute atomic E-state index is 13.1. The molecule has 0 aliphatic rings. The number of carbonyl (C=O) groups excluding carboxylic acids is 2. The van der Waals surface area contributed by atoms with E-state index in [1.54, 1.807) is 12.3 Å². The van der Waals surface area contributed by atoms with Crippen molar-refractivity contribution >= 4 is 28.7 Å². The molecule has 7 nitrogen and oxygen atoms in total. The van der Waals surface area contributed by atoms with E-state index in [2.05, 4.69) is 20.9 Å². The number of nitrogens with zero attached hydrogens (tertiary/aromatic N) is 2. The van der Waals surface area contributed by atoms with Gasteiger partial charge in [0.05, 0.1) is 17.4 Å². The van der Waals surface area contributed by atoms with Gasteiger partial charge in [-0.15, -0.1) is 0 Å². The molecule has 4 aromatic rings. The van der Waals surface area contributed by atoms with Crippen LogP contribution in [0.5, 0.6) is 0 Å². The number of hydrogen-bond acceptors (Lipinski definition) is 3. The minimum atomic E-state index is -0.295. The van der Waals surface area contributed by atoms with Gasteiger partial charge in [0.1, 0.15) is 5.65 Å². The van der Waals surface area contributed by atoms with Crippen LogP contribution in [0.3, 0.4) is 0 Å². The van der Waals surface area contributed by atoms with Crippen molar-refractivity contribution in [3.05, 3.63) is 95.8 Å². The summed E-state index contributed by atoms with van der Waals surface area (Å²) in [5, 5.41) is 9.26. The molecule has 2 heterocycles. The van der Waals surface area contributed by atoms with Crippen molar-refractivity contribution in [3.8, 4) is 0 Å². The molecule has 7 heteroatoms. The molecule has 3 N–H and O–H groups in total. The second-order valence-electron chi connectivity index (χ2n) is 7.80. The quantitative estimate of drug-likeness (QED) is 0.375. The monoisotopic (exact) mass is 441 g/mol. The Morgan fingerprint density at radius 3 is 2.33 bits per heavy atom. The Morgan fingerprint density at radius 2 is 1.64 bits per heavy atom. The number of rotatable bonds is 8. The third kappa shape index (κ3) is 5.57. The Balaban J connectivity index is 1.63. The molecular weight excluding hydrogens is 414 g/mol. The van der Waals surface area contributed by atoms with Gasteiger partial charge in [-0.05, 0) is 23.6 Å². The van der Waals surface area contributed by atoms with E-state index in [0.717, 1.165) is 17.5 Å². The average Bonchev–Trinajstić information content (AvgIpc) is 3.20. The van der Waals surface area contributed by atoms with E-state index in [-0.39, 0.29) is 11.9 Å². The second-order valence-corrected chi connectivity index (χ2v) is 7.80. The molecule has 0 fully saturated rings. The topological polar surface area (TPSA) is 88.1 Å². The van der Waals surface area contributed by atoms with Gasteiger partial charge >= 0.3 is 6.03 Å². The number of amides is 3. The Kier molecular flexibility index (Phi) is 6.99. The number of aromatic nitrogens is 2. The van der Waals surface area contributed by atoms with Crippen LogP contribution in [0, 0.1) is 0 Å². The summed E-state index contributed by atoms with van der Waals surface area (Å²) in [4.78, 5) is 29.8. The minimum absolute atomic E-state index is 0.190. The fraction of sp³-hybridized carbons (Fsp3) is 0.192. The molecule has 4 rings (SSSR count). The highest BCUT2D eigenvalue weighted by molar-refractivity contribution is 6.07. The summed E-state index contributed by atoms with van der Waals surface area (Å²) in [6, 6.07) is 21.3. The highest BCUT2D eigenvalue weighted by Gasteiger charge is 2.17. The molecule has 33 heavy (non-hydrogen) atoms. The third-order valence-electron chi connectivity index (χ3n) is 5.24. The number of benzene rings is 2. The molecule has 0 unspecified atom stereocenters. The number of anilines is 1. The van der Waals surface area contributed by atoms with Gasteiger partial charge in [-0.25, -0.2) is 9.78 Å². The molecule has 3 amide bonds. The molecule has 0 aliphatic heterocycles. The molecule has 0 radical (unpaired) electrons. The van der Waals surface area contributed by atoms with Gasteiger partial charge < -0.3 is 20.5 Å².